The first kappa shape index (κ1) is 17.2. The van der Waals surface area contributed by atoms with E-state index < -0.39 is 5.79 Å². The fourth-order valence-corrected chi connectivity index (χ4v) is 3.04. The van der Waals surface area contributed by atoms with E-state index in [-0.39, 0.29) is 30.6 Å². The molecule has 2 aliphatic heterocycles. The molecule has 124 valence electrons. The summed E-state index contributed by atoms with van der Waals surface area (Å²) in [4.78, 5) is 0. The van der Waals surface area contributed by atoms with Crippen molar-refractivity contribution >= 4 is 0 Å². The second kappa shape index (κ2) is 7.38. The molecular formula is C16H31NO4. The first-order valence-corrected chi connectivity index (χ1v) is 8.33. The summed E-state index contributed by atoms with van der Waals surface area (Å²) in [6.45, 7) is 8.69. The maximum Gasteiger partial charge on any atom is 0.190 e. The SMILES string of the molecule is CCCCCCCO[C@H]1[C@@H]([C@H](C)N)OC2OC(C)(C)O[C@@H]21. The summed E-state index contributed by atoms with van der Waals surface area (Å²) < 4.78 is 23.6. The van der Waals surface area contributed by atoms with Gasteiger partial charge in [-0.15, -0.1) is 0 Å². The summed E-state index contributed by atoms with van der Waals surface area (Å²) >= 11 is 0. The highest BCUT2D eigenvalue weighted by Crippen LogP contribution is 2.39. The van der Waals surface area contributed by atoms with Gasteiger partial charge in [0, 0.05) is 12.6 Å². The molecule has 2 saturated heterocycles. The minimum absolute atomic E-state index is 0.101. The highest BCUT2D eigenvalue weighted by Gasteiger charge is 2.56. The summed E-state index contributed by atoms with van der Waals surface area (Å²) in [6, 6.07) is -0.101. The minimum atomic E-state index is -0.610. The van der Waals surface area contributed by atoms with E-state index in [1.165, 1.54) is 25.7 Å². The van der Waals surface area contributed by atoms with Crippen molar-refractivity contribution in [2.75, 3.05) is 6.61 Å². The Hall–Kier alpha value is -0.200. The molecule has 2 fully saturated rings. The molecule has 0 spiro atoms. The molecule has 5 heteroatoms. The fraction of sp³-hybridized carbons (Fsp3) is 1.00. The van der Waals surface area contributed by atoms with Gasteiger partial charge in [0.15, 0.2) is 12.1 Å². The molecule has 5 atom stereocenters. The normalized spacial score (nSPS) is 35.9. The third-order valence-corrected chi connectivity index (χ3v) is 4.10. The second-order valence-electron chi connectivity index (χ2n) is 6.68. The molecule has 0 aromatic carbocycles. The van der Waals surface area contributed by atoms with E-state index in [1.807, 2.05) is 20.8 Å². The van der Waals surface area contributed by atoms with Crippen molar-refractivity contribution in [2.45, 2.75) is 96.2 Å². The molecule has 2 N–H and O–H groups in total. The zero-order valence-corrected chi connectivity index (χ0v) is 13.8. The Morgan fingerprint density at radius 3 is 2.52 bits per heavy atom. The van der Waals surface area contributed by atoms with Gasteiger partial charge in [0.25, 0.3) is 0 Å². The first-order chi connectivity index (χ1) is 9.94. The largest absolute Gasteiger partial charge is 0.373 e. The Morgan fingerprint density at radius 1 is 1.14 bits per heavy atom. The Bertz CT molecular complexity index is 321. The minimum Gasteiger partial charge on any atom is -0.373 e. The maximum atomic E-state index is 6.05. The van der Waals surface area contributed by atoms with Crippen molar-refractivity contribution < 1.29 is 18.9 Å². The van der Waals surface area contributed by atoms with Crippen molar-refractivity contribution in [3.63, 3.8) is 0 Å². The van der Waals surface area contributed by atoms with Crippen molar-refractivity contribution in [3.8, 4) is 0 Å². The van der Waals surface area contributed by atoms with Gasteiger partial charge in [0.2, 0.25) is 0 Å². The number of rotatable bonds is 8. The molecule has 0 aromatic rings. The molecule has 0 saturated carbocycles. The van der Waals surface area contributed by atoms with Crippen LogP contribution in [0.2, 0.25) is 0 Å². The molecule has 0 aromatic heterocycles. The molecule has 21 heavy (non-hydrogen) atoms. The van der Waals surface area contributed by atoms with Crippen molar-refractivity contribution in [2.24, 2.45) is 5.73 Å². The van der Waals surface area contributed by atoms with E-state index in [0.29, 0.717) is 0 Å². The van der Waals surface area contributed by atoms with Gasteiger partial charge in [0.1, 0.15) is 18.3 Å². The third-order valence-electron chi connectivity index (χ3n) is 4.10. The number of nitrogens with two attached hydrogens (primary N) is 1. The third kappa shape index (κ3) is 4.39. The van der Waals surface area contributed by atoms with Crippen LogP contribution in [0.1, 0.15) is 59.8 Å². The van der Waals surface area contributed by atoms with Crippen LogP contribution in [0.3, 0.4) is 0 Å². The molecule has 0 aliphatic carbocycles. The molecule has 0 radical (unpaired) electrons. The van der Waals surface area contributed by atoms with E-state index in [4.69, 9.17) is 24.7 Å². The molecule has 1 unspecified atom stereocenters. The smallest absolute Gasteiger partial charge is 0.190 e. The average Bonchev–Trinajstić information content (AvgIpc) is 2.86. The molecule has 2 heterocycles. The van der Waals surface area contributed by atoms with E-state index in [9.17, 15) is 0 Å². The topological polar surface area (TPSA) is 62.9 Å². The van der Waals surface area contributed by atoms with Crippen molar-refractivity contribution in [1.82, 2.24) is 0 Å². The van der Waals surface area contributed by atoms with Crippen LogP contribution in [-0.2, 0) is 18.9 Å². The highest BCUT2D eigenvalue weighted by atomic mass is 16.8. The van der Waals surface area contributed by atoms with E-state index in [2.05, 4.69) is 6.92 Å². The lowest BCUT2D eigenvalue weighted by atomic mass is 10.1. The summed E-state index contributed by atoms with van der Waals surface area (Å²) in [6.07, 6.45) is 5.28. The van der Waals surface area contributed by atoms with Gasteiger partial charge in [0.05, 0.1) is 0 Å². The van der Waals surface area contributed by atoms with Gasteiger partial charge in [-0.05, 0) is 27.2 Å². The number of unbranched alkanes of at least 4 members (excludes halogenated alkanes) is 4. The summed E-state index contributed by atoms with van der Waals surface area (Å²) in [5, 5.41) is 0. The van der Waals surface area contributed by atoms with Crippen LogP contribution in [0.25, 0.3) is 0 Å². The number of hydrogen-bond acceptors (Lipinski definition) is 5. The van der Waals surface area contributed by atoms with Gasteiger partial charge < -0.3 is 24.7 Å². The van der Waals surface area contributed by atoms with Crippen LogP contribution in [0.15, 0.2) is 0 Å². The summed E-state index contributed by atoms with van der Waals surface area (Å²) in [5.41, 5.74) is 6.01. The van der Waals surface area contributed by atoms with Gasteiger partial charge >= 0.3 is 0 Å². The number of fused-ring (bicyclic) bond motifs is 1. The lowest BCUT2D eigenvalue weighted by molar-refractivity contribution is -0.220. The van der Waals surface area contributed by atoms with Gasteiger partial charge in [-0.2, -0.15) is 0 Å². The van der Waals surface area contributed by atoms with E-state index in [1.54, 1.807) is 0 Å². The predicted octanol–water partition coefficient (Wildman–Crippen LogP) is 2.57. The second-order valence-corrected chi connectivity index (χ2v) is 6.68. The van der Waals surface area contributed by atoms with Crippen LogP contribution >= 0.6 is 0 Å². The Kier molecular flexibility index (Phi) is 6.03. The molecular weight excluding hydrogens is 270 g/mol. The van der Waals surface area contributed by atoms with Crippen molar-refractivity contribution in [3.05, 3.63) is 0 Å². The van der Waals surface area contributed by atoms with Crippen LogP contribution in [-0.4, -0.2) is 43.0 Å². The standard InChI is InChI=1S/C16H31NO4/c1-5-6-7-8-9-10-18-13-12(11(2)17)19-15-14(13)20-16(3,4)21-15/h11-15H,5-10,17H2,1-4H3/t11-,12+,13-,14+,15?/m0/s1. The van der Waals surface area contributed by atoms with Gasteiger partial charge in [-0.1, -0.05) is 32.6 Å². The quantitative estimate of drug-likeness (QED) is 0.698. The lowest BCUT2D eigenvalue weighted by Crippen LogP contribution is -2.45. The molecule has 0 bridgehead atoms. The summed E-state index contributed by atoms with van der Waals surface area (Å²) in [5.74, 6) is -0.610. The van der Waals surface area contributed by atoms with Gasteiger partial charge in [-0.3, -0.25) is 0 Å². The van der Waals surface area contributed by atoms with Gasteiger partial charge in [-0.25, -0.2) is 0 Å². The monoisotopic (exact) mass is 301 g/mol. The highest BCUT2D eigenvalue weighted by molar-refractivity contribution is 4.97. The van der Waals surface area contributed by atoms with Crippen molar-refractivity contribution in [1.29, 1.82) is 0 Å². The molecule has 0 amide bonds. The molecule has 2 aliphatic rings. The Morgan fingerprint density at radius 2 is 1.86 bits per heavy atom. The van der Waals surface area contributed by atoms with E-state index >= 15 is 0 Å². The van der Waals surface area contributed by atoms with Crippen LogP contribution < -0.4 is 5.73 Å². The first-order valence-electron chi connectivity index (χ1n) is 8.33. The summed E-state index contributed by atoms with van der Waals surface area (Å²) in [7, 11) is 0. The lowest BCUT2D eigenvalue weighted by Gasteiger charge is -2.27. The number of hydrogen-bond donors (Lipinski definition) is 1. The Balaban J connectivity index is 1.82. The van der Waals surface area contributed by atoms with E-state index in [0.717, 1.165) is 13.0 Å². The zero-order valence-electron chi connectivity index (χ0n) is 13.8. The predicted molar refractivity (Wildman–Crippen MR) is 80.8 cm³/mol. The molecule has 5 nitrogen and oxygen atoms in total. The van der Waals surface area contributed by atoms with Crippen LogP contribution in [0.5, 0.6) is 0 Å². The molecule has 2 rings (SSSR count). The maximum absolute atomic E-state index is 6.05. The zero-order chi connectivity index (χ0) is 15.5. The van der Waals surface area contributed by atoms with Crippen LogP contribution in [0, 0.1) is 0 Å². The number of ether oxygens (including phenoxy) is 4. The Labute approximate surface area is 128 Å². The van der Waals surface area contributed by atoms with Crippen LogP contribution in [0.4, 0.5) is 0 Å². The fourth-order valence-electron chi connectivity index (χ4n) is 3.04. The average molecular weight is 301 g/mol.